The molecule has 0 saturated carbocycles. The summed E-state index contributed by atoms with van der Waals surface area (Å²) in [6, 6.07) is 6.40. The normalized spacial score (nSPS) is 21.8. The Hall–Kier alpha value is -2.19. The third kappa shape index (κ3) is 6.90. The fraction of sp³-hybridized carbons (Fsp3) is 0.696. The minimum Gasteiger partial charge on any atom is -0.497 e. The Morgan fingerprint density at radius 2 is 1.77 bits per heavy atom. The van der Waals surface area contributed by atoms with Gasteiger partial charge in [0.25, 0.3) is 0 Å². The van der Waals surface area contributed by atoms with Gasteiger partial charge in [0, 0.05) is 89.3 Å². The molecule has 31 heavy (non-hydrogen) atoms. The van der Waals surface area contributed by atoms with Crippen LogP contribution in [0.4, 0.5) is 5.69 Å². The van der Waals surface area contributed by atoms with E-state index in [-0.39, 0.29) is 0 Å². The summed E-state index contributed by atoms with van der Waals surface area (Å²) in [5.41, 5.74) is 1.13. The summed E-state index contributed by atoms with van der Waals surface area (Å²) in [6.45, 7) is 11.0. The van der Waals surface area contributed by atoms with E-state index in [1.165, 1.54) is 26.2 Å². The Kier molecular flexibility index (Phi) is 8.66. The van der Waals surface area contributed by atoms with E-state index in [1.54, 1.807) is 14.2 Å². The van der Waals surface area contributed by atoms with E-state index in [0.29, 0.717) is 12.0 Å². The predicted molar refractivity (Wildman–Crippen MR) is 128 cm³/mol. The highest BCUT2D eigenvalue weighted by Gasteiger charge is 2.24. The number of aliphatic imine (C=N–C) groups is 1. The number of nitrogens with zero attached hydrogens (tertiary/aromatic N) is 4. The number of hydrogen-bond donors (Lipinski definition) is 2. The number of guanidine groups is 1. The lowest BCUT2D eigenvalue weighted by Gasteiger charge is -2.34. The van der Waals surface area contributed by atoms with Gasteiger partial charge in [0.1, 0.15) is 11.5 Å². The lowest BCUT2D eigenvalue weighted by molar-refractivity contribution is 0.139. The van der Waals surface area contributed by atoms with Gasteiger partial charge in [-0.2, -0.15) is 0 Å². The summed E-state index contributed by atoms with van der Waals surface area (Å²) in [5, 5.41) is 7.13. The molecular weight excluding hydrogens is 392 g/mol. The highest BCUT2D eigenvalue weighted by molar-refractivity contribution is 5.80. The molecule has 8 heteroatoms. The first-order chi connectivity index (χ1) is 15.0. The van der Waals surface area contributed by atoms with Crippen molar-refractivity contribution >= 4 is 11.6 Å². The van der Waals surface area contributed by atoms with Crippen molar-refractivity contribution < 1.29 is 9.47 Å². The van der Waals surface area contributed by atoms with Crippen LogP contribution in [0.3, 0.4) is 0 Å². The van der Waals surface area contributed by atoms with E-state index in [1.807, 2.05) is 13.1 Å². The van der Waals surface area contributed by atoms with Gasteiger partial charge in [-0.05, 0) is 19.4 Å². The van der Waals surface area contributed by atoms with E-state index < -0.39 is 0 Å². The van der Waals surface area contributed by atoms with Crippen molar-refractivity contribution in [2.24, 2.45) is 10.9 Å². The Morgan fingerprint density at radius 3 is 2.39 bits per heavy atom. The SMILES string of the molecule is CN=C(NCC(C)CN1CCN(C)CC1)NC1CCN(c2cc(OC)cc(OC)c2)C1. The Morgan fingerprint density at radius 1 is 1.10 bits per heavy atom. The molecule has 2 N–H and O–H groups in total. The average Bonchev–Trinajstić information content (AvgIpc) is 3.26. The van der Waals surface area contributed by atoms with Gasteiger partial charge in [-0.25, -0.2) is 0 Å². The maximum atomic E-state index is 5.42. The average molecular weight is 433 g/mol. The van der Waals surface area contributed by atoms with Crippen LogP contribution in [0.1, 0.15) is 13.3 Å². The first-order valence-corrected chi connectivity index (χ1v) is 11.4. The summed E-state index contributed by atoms with van der Waals surface area (Å²) < 4.78 is 10.8. The van der Waals surface area contributed by atoms with Gasteiger partial charge in [0.15, 0.2) is 5.96 Å². The van der Waals surface area contributed by atoms with Crippen molar-refractivity contribution in [1.82, 2.24) is 20.4 Å². The minimum atomic E-state index is 0.358. The molecule has 1 aromatic rings. The number of anilines is 1. The number of benzene rings is 1. The summed E-state index contributed by atoms with van der Waals surface area (Å²) in [4.78, 5) is 11.8. The van der Waals surface area contributed by atoms with E-state index in [0.717, 1.165) is 55.7 Å². The lowest BCUT2D eigenvalue weighted by atomic mass is 10.1. The number of likely N-dealkylation sites (N-methyl/N-ethyl adjacent to an activating group) is 1. The smallest absolute Gasteiger partial charge is 0.191 e. The molecule has 0 radical (unpaired) electrons. The Labute approximate surface area is 187 Å². The summed E-state index contributed by atoms with van der Waals surface area (Å²) >= 11 is 0. The second-order valence-corrected chi connectivity index (χ2v) is 8.81. The fourth-order valence-corrected chi connectivity index (χ4v) is 4.28. The van der Waals surface area contributed by atoms with Crippen LogP contribution in [0.2, 0.25) is 0 Å². The molecule has 0 aliphatic carbocycles. The summed E-state index contributed by atoms with van der Waals surface area (Å²) in [7, 11) is 7.42. The van der Waals surface area contributed by atoms with Gasteiger partial charge in [-0.3, -0.25) is 4.99 Å². The van der Waals surface area contributed by atoms with Crippen LogP contribution >= 0.6 is 0 Å². The van der Waals surface area contributed by atoms with Crippen molar-refractivity contribution in [3.8, 4) is 11.5 Å². The molecule has 174 valence electrons. The predicted octanol–water partition coefficient (Wildman–Crippen LogP) is 1.33. The molecule has 0 aromatic heterocycles. The molecule has 2 aliphatic rings. The molecule has 2 atom stereocenters. The van der Waals surface area contributed by atoms with Crippen molar-refractivity contribution in [3.63, 3.8) is 0 Å². The van der Waals surface area contributed by atoms with E-state index in [9.17, 15) is 0 Å². The number of hydrogen-bond acceptors (Lipinski definition) is 6. The fourth-order valence-electron chi connectivity index (χ4n) is 4.28. The van der Waals surface area contributed by atoms with Crippen LogP contribution in [0.5, 0.6) is 11.5 Å². The first-order valence-electron chi connectivity index (χ1n) is 11.4. The first kappa shape index (κ1) is 23.5. The number of rotatable bonds is 8. The molecule has 2 saturated heterocycles. The third-order valence-electron chi connectivity index (χ3n) is 6.24. The van der Waals surface area contributed by atoms with Crippen molar-refractivity contribution in [1.29, 1.82) is 0 Å². The molecule has 3 rings (SSSR count). The van der Waals surface area contributed by atoms with Crippen molar-refractivity contribution in [3.05, 3.63) is 18.2 Å². The maximum Gasteiger partial charge on any atom is 0.191 e. The monoisotopic (exact) mass is 432 g/mol. The van der Waals surface area contributed by atoms with E-state index in [2.05, 4.69) is 56.4 Å². The number of piperazine rings is 1. The third-order valence-corrected chi connectivity index (χ3v) is 6.24. The lowest BCUT2D eigenvalue weighted by Crippen LogP contribution is -2.49. The van der Waals surface area contributed by atoms with Gasteiger partial charge in [-0.1, -0.05) is 6.92 Å². The number of nitrogens with one attached hydrogen (secondary N) is 2. The van der Waals surface area contributed by atoms with Crippen LogP contribution in [-0.2, 0) is 0 Å². The summed E-state index contributed by atoms with van der Waals surface area (Å²) in [6.07, 6.45) is 1.07. The molecule has 2 heterocycles. The molecule has 2 unspecified atom stereocenters. The van der Waals surface area contributed by atoms with Crippen LogP contribution in [0.15, 0.2) is 23.2 Å². The Balaban J connectivity index is 1.45. The molecule has 8 nitrogen and oxygen atoms in total. The Bertz CT molecular complexity index is 698. The van der Waals surface area contributed by atoms with Gasteiger partial charge in [-0.15, -0.1) is 0 Å². The van der Waals surface area contributed by atoms with Crippen LogP contribution in [0, 0.1) is 5.92 Å². The zero-order chi connectivity index (χ0) is 22.2. The number of methoxy groups -OCH3 is 2. The molecule has 0 amide bonds. The quantitative estimate of drug-likeness (QED) is 0.475. The van der Waals surface area contributed by atoms with Crippen molar-refractivity contribution in [2.45, 2.75) is 19.4 Å². The van der Waals surface area contributed by atoms with Crippen LogP contribution in [0.25, 0.3) is 0 Å². The molecule has 0 bridgehead atoms. The topological polar surface area (TPSA) is 64.6 Å². The summed E-state index contributed by atoms with van der Waals surface area (Å²) in [5.74, 6) is 3.10. The second-order valence-electron chi connectivity index (χ2n) is 8.81. The minimum absolute atomic E-state index is 0.358. The molecule has 1 aromatic carbocycles. The van der Waals surface area contributed by atoms with Gasteiger partial charge >= 0.3 is 0 Å². The number of ether oxygens (including phenoxy) is 2. The van der Waals surface area contributed by atoms with Gasteiger partial charge in [0.2, 0.25) is 0 Å². The maximum absolute atomic E-state index is 5.42. The molecule has 2 fully saturated rings. The standard InChI is InChI=1S/C23H40N6O2/c1-18(16-28-10-8-27(3)9-11-28)15-25-23(24-2)26-19-6-7-29(17-19)20-12-21(30-4)14-22(13-20)31-5/h12-14,18-19H,6-11,15-17H2,1-5H3,(H2,24,25,26). The van der Waals surface area contributed by atoms with Crippen molar-refractivity contribution in [2.75, 3.05) is 85.6 Å². The molecule has 2 aliphatic heterocycles. The van der Waals surface area contributed by atoms with E-state index in [4.69, 9.17) is 9.47 Å². The zero-order valence-corrected chi connectivity index (χ0v) is 19.9. The second kappa shape index (κ2) is 11.4. The highest BCUT2D eigenvalue weighted by Crippen LogP contribution is 2.30. The largest absolute Gasteiger partial charge is 0.497 e. The zero-order valence-electron chi connectivity index (χ0n) is 19.9. The van der Waals surface area contributed by atoms with Gasteiger partial charge < -0.3 is 34.8 Å². The highest BCUT2D eigenvalue weighted by atomic mass is 16.5. The van der Waals surface area contributed by atoms with E-state index >= 15 is 0 Å². The molecule has 0 spiro atoms. The van der Waals surface area contributed by atoms with Crippen LogP contribution in [-0.4, -0.2) is 102 Å². The molecular formula is C23H40N6O2. The van der Waals surface area contributed by atoms with Gasteiger partial charge in [0.05, 0.1) is 14.2 Å². The van der Waals surface area contributed by atoms with Crippen LogP contribution < -0.4 is 25.0 Å².